The molecule has 24 heavy (non-hydrogen) atoms. The number of hydrogen-bond donors (Lipinski definition) is 3. The Morgan fingerprint density at radius 3 is 2.38 bits per heavy atom. The molecule has 7 heteroatoms. The molecule has 0 bridgehead atoms. The molecular weight excluding hydrogens is 328 g/mol. The van der Waals surface area contributed by atoms with Gasteiger partial charge in [0.25, 0.3) is 5.91 Å². The Morgan fingerprint density at radius 1 is 1.08 bits per heavy atom. The van der Waals surface area contributed by atoms with Gasteiger partial charge in [0.2, 0.25) is 0 Å². The fraction of sp³-hybridized carbons (Fsp3) is 0. The van der Waals surface area contributed by atoms with Gasteiger partial charge in [0.15, 0.2) is 5.17 Å². The summed E-state index contributed by atoms with van der Waals surface area (Å²) in [5, 5.41) is 21.2. The van der Waals surface area contributed by atoms with Gasteiger partial charge in [-0.3, -0.25) is 4.79 Å². The van der Waals surface area contributed by atoms with Gasteiger partial charge in [-0.2, -0.15) is 0 Å². The standard InChI is InChI=1S/C17H12N2O4S/c20-13-7-5-12(6-8-13)18-17-19-15(21)14(24-17)9-10-1-3-11(4-2-10)16(22)23/h1-9,20H,(H,22,23)(H,18,19,21). The number of nitrogens with one attached hydrogen (secondary N) is 1. The highest BCUT2D eigenvalue weighted by Crippen LogP contribution is 2.28. The van der Waals surface area contributed by atoms with E-state index in [1.807, 2.05) is 0 Å². The number of aliphatic imine (C=N–C) groups is 1. The number of nitrogens with zero attached hydrogens (tertiary/aromatic N) is 1. The number of carbonyl (C=O) groups is 2. The van der Waals surface area contributed by atoms with E-state index < -0.39 is 5.97 Å². The summed E-state index contributed by atoms with van der Waals surface area (Å²) in [6.45, 7) is 0. The van der Waals surface area contributed by atoms with Crippen LogP contribution < -0.4 is 5.32 Å². The highest BCUT2D eigenvalue weighted by molar-refractivity contribution is 8.18. The molecule has 3 rings (SSSR count). The van der Waals surface area contributed by atoms with Crippen molar-refractivity contribution >= 4 is 40.6 Å². The van der Waals surface area contributed by atoms with Crippen LogP contribution in [0.2, 0.25) is 0 Å². The van der Waals surface area contributed by atoms with E-state index in [1.165, 1.54) is 36.0 Å². The lowest BCUT2D eigenvalue weighted by molar-refractivity contribution is -0.115. The maximum atomic E-state index is 12.0. The molecule has 1 heterocycles. The molecule has 0 aliphatic carbocycles. The molecule has 2 aromatic rings. The molecule has 3 N–H and O–H groups in total. The quantitative estimate of drug-likeness (QED) is 0.746. The number of amidine groups is 1. The van der Waals surface area contributed by atoms with E-state index in [9.17, 15) is 14.7 Å². The molecule has 0 aromatic heterocycles. The number of carboxylic acid groups (broad SMARTS) is 1. The SMILES string of the molecule is O=C1NC(=Nc2ccc(O)cc2)SC1=Cc1ccc(C(=O)O)cc1. The fourth-order valence-corrected chi connectivity index (χ4v) is 2.84. The number of carbonyl (C=O) groups excluding carboxylic acids is 1. The number of aromatic carboxylic acids is 1. The number of phenols is 1. The lowest BCUT2D eigenvalue weighted by Crippen LogP contribution is -2.19. The van der Waals surface area contributed by atoms with Crippen LogP contribution in [0.5, 0.6) is 5.75 Å². The second kappa shape index (κ2) is 6.59. The zero-order chi connectivity index (χ0) is 17.1. The Hall–Kier alpha value is -3.06. The molecule has 1 aliphatic heterocycles. The number of amides is 1. The topological polar surface area (TPSA) is 99.0 Å². The van der Waals surface area contributed by atoms with Crippen LogP contribution in [-0.2, 0) is 4.79 Å². The summed E-state index contributed by atoms with van der Waals surface area (Å²) in [6, 6.07) is 12.6. The van der Waals surface area contributed by atoms with Gasteiger partial charge in [0, 0.05) is 0 Å². The van der Waals surface area contributed by atoms with E-state index in [0.29, 0.717) is 15.8 Å². The molecule has 2 aromatic carbocycles. The van der Waals surface area contributed by atoms with Gasteiger partial charge in [0.05, 0.1) is 16.2 Å². The predicted octanol–water partition coefficient (Wildman–Crippen LogP) is 2.98. The summed E-state index contributed by atoms with van der Waals surface area (Å²) in [4.78, 5) is 27.6. The molecule has 1 saturated heterocycles. The molecule has 0 saturated carbocycles. The maximum absolute atomic E-state index is 12.0. The molecule has 0 spiro atoms. The third-order valence-corrected chi connectivity index (χ3v) is 4.10. The number of thioether (sulfide) groups is 1. The van der Waals surface area contributed by atoms with Crippen LogP contribution in [0.15, 0.2) is 58.4 Å². The van der Waals surface area contributed by atoms with Crippen molar-refractivity contribution in [1.82, 2.24) is 5.32 Å². The number of rotatable bonds is 3. The number of benzene rings is 2. The van der Waals surface area contributed by atoms with Crippen LogP contribution >= 0.6 is 11.8 Å². The van der Waals surface area contributed by atoms with Crippen LogP contribution in [-0.4, -0.2) is 27.3 Å². The van der Waals surface area contributed by atoms with Crippen LogP contribution in [0.1, 0.15) is 15.9 Å². The Morgan fingerprint density at radius 2 is 1.75 bits per heavy atom. The third kappa shape index (κ3) is 3.64. The number of phenolic OH excluding ortho intramolecular Hbond substituents is 1. The average molecular weight is 340 g/mol. The monoisotopic (exact) mass is 340 g/mol. The predicted molar refractivity (Wildman–Crippen MR) is 92.3 cm³/mol. The average Bonchev–Trinajstić information content (AvgIpc) is 2.89. The van der Waals surface area contributed by atoms with Crippen molar-refractivity contribution in [1.29, 1.82) is 0 Å². The maximum Gasteiger partial charge on any atom is 0.335 e. The second-order valence-corrected chi connectivity index (χ2v) is 5.96. The van der Waals surface area contributed by atoms with Crippen molar-refractivity contribution in [3.63, 3.8) is 0 Å². The second-order valence-electron chi connectivity index (χ2n) is 4.93. The van der Waals surface area contributed by atoms with Crippen molar-refractivity contribution in [3.8, 4) is 5.75 Å². The molecule has 120 valence electrons. The molecule has 0 atom stereocenters. The van der Waals surface area contributed by atoms with E-state index in [2.05, 4.69) is 10.3 Å². The molecular formula is C17H12N2O4S. The molecule has 1 fully saturated rings. The van der Waals surface area contributed by atoms with Crippen molar-refractivity contribution in [2.45, 2.75) is 0 Å². The van der Waals surface area contributed by atoms with Gasteiger partial charge in [-0.1, -0.05) is 12.1 Å². The highest BCUT2D eigenvalue weighted by Gasteiger charge is 2.23. The number of aromatic hydroxyl groups is 1. The van der Waals surface area contributed by atoms with Crippen molar-refractivity contribution < 1.29 is 19.8 Å². The van der Waals surface area contributed by atoms with Gasteiger partial charge < -0.3 is 15.5 Å². The van der Waals surface area contributed by atoms with Crippen LogP contribution in [0.3, 0.4) is 0 Å². The van der Waals surface area contributed by atoms with E-state index in [-0.39, 0.29) is 17.2 Å². The fourth-order valence-electron chi connectivity index (χ4n) is 2.00. The Bertz CT molecular complexity index is 855. The molecule has 6 nitrogen and oxygen atoms in total. The first-order valence-corrected chi connectivity index (χ1v) is 7.75. The Labute approximate surface area is 141 Å². The van der Waals surface area contributed by atoms with E-state index >= 15 is 0 Å². The Balaban J connectivity index is 1.79. The lowest BCUT2D eigenvalue weighted by Gasteiger charge is -1.97. The summed E-state index contributed by atoms with van der Waals surface area (Å²) in [6.07, 6.45) is 1.67. The van der Waals surface area contributed by atoms with Gasteiger partial charge in [-0.05, 0) is 59.8 Å². The summed E-state index contributed by atoms with van der Waals surface area (Å²) in [5.41, 5.74) is 1.53. The number of hydrogen-bond acceptors (Lipinski definition) is 5. The smallest absolute Gasteiger partial charge is 0.335 e. The van der Waals surface area contributed by atoms with E-state index in [1.54, 1.807) is 30.3 Å². The molecule has 1 amide bonds. The van der Waals surface area contributed by atoms with Crippen LogP contribution in [0, 0.1) is 0 Å². The lowest BCUT2D eigenvalue weighted by atomic mass is 10.1. The normalized spacial score (nSPS) is 17.2. The molecule has 0 unspecified atom stereocenters. The summed E-state index contributed by atoms with van der Waals surface area (Å²) < 4.78 is 0. The largest absolute Gasteiger partial charge is 0.508 e. The van der Waals surface area contributed by atoms with Crippen molar-refractivity contribution in [2.24, 2.45) is 4.99 Å². The van der Waals surface area contributed by atoms with E-state index in [0.717, 1.165) is 5.56 Å². The first kappa shape index (κ1) is 15.8. The van der Waals surface area contributed by atoms with Gasteiger partial charge in [0.1, 0.15) is 5.75 Å². The van der Waals surface area contributed by atoms with Crippen LogP contribution in [0.25, 0.3) is 6.08 Å². The minimum Gasteiger partial charge on any atom is -0.508 e. The van der Waals surface area contributed by atoms with Crippen molar-refractivity contribution in [3.05, 3.63) is 64.6 Å². The molecule has 0 radical (unpaired) electrons. The zero-order valence-corrected chi connectivity index (χ0v) is 13.1. The van der Waals surface area contributed by atoms with E-state index in [4.69, 9.17) is 5.11 Å². The minimum absolute atomic E-state index is 0.146. The first-order chi connectivity index (χ1) is 11.5. The highest BCUT2D eigenvalue weighted by atomic mass is 32.2. The third-order valence-electron chi connectivity index (χ3n) is 3.19. The Kier molecular flexibility index (Phi) is 4.35. The summed E-state index contributed by atoms with van der Waals surface area (Å²) >= 11 is 1.19. The first-order valence-electron chi connectivity index (χ1n) is 6.93. The zero-order valence-electron chi connectivity index (χ0n) is 12.3. The van der Waals surface area contributed by atoms with Crippen molar-refractivity contribution in [2.75, 3.05) is 0 Å². The molecule has 1 aliphatic rings. The summed E-state index contributed by atoms with van der Waals surface area (Å²) in [7, 11) is 0. The van der Waals surface area contributed by atoms with Gasteiger partial charge in [-0.15, -0.1) is 0 Å². The van der Waals surface area contributed by atoms with Gasteiger partial charge in [-0.25, -0.2) is 9.79 Å². The number of carboxylic acids is 1. The minimum atomic E-state index is -0.995. The van der Waals surface area contributed by atoms with Gasteiger partial charge >= 0.3 is 5.97 Å². The van der Waals surface area contributed by atoms with Crippen LogP contribution in [0.4, 0.5) is 5.69 Å². The summed E-state index contributed by atoms with van der Waals surface area (Å²) in [5.74, 6) is -1.11.